The molecule has 3 aromatic heterocycles. The number of amides is 1. The number of hydrogen-bond acceptors (Lipinski definition) is 8. The minimum absolute atomic E-state index is 0.0624. The van der Waals surface area contributed by atoms with Crippen LogP contribution in [0.25, 0.3) is 15.9 Å². The van der Waals surface area contributed by atoms with Crippen LogP contribution in [-0.2, 0) is 17.6 Å². The van der Waals surface area contributed by atoms with Crippen LogP contribution in [-0.4, -0.2) is 39.5 Å². The van der Waals surface area contributed by atoms with Gasteiger partial charge in [0.1, 0.15) is 10.6 Å². The van der Waals surface area contributed by atoms with Gasteiger partial charge in [0.05, 0.1) is 30.2 Å². The van der Waals surface area contributed by atoms with Crippen LogP contribution in [0.2, 0.25) is 0 Å². The van der Waals surface area contributed by atoms with Crippen LogP contribution in [0.3, 0.4) is 0 Å². The van der Waals surface area contributed by atoms with E-state index in [0.29, 0.717) is 22.0 Å². The minimum atomic E-state index is -0.290. The number of nitrogens with one attached hydrogen (secondary N) is 1. The first-order chi connectivity index (χ1) is 17.1. The van der Waals surface area contributed by atoms with Crippen molar-refractivity contribution in [3.63, 3.8) is 0 Å². The first-order valence-electron chi connectivity index (χ1n) is 11.2. The third-order valence-electron chi connectivity index (χ3n) is 5.73. The molecule has 5 rings (SSSR count). The molecule has 1 aliphatic rings. The number of fused-ring (bicyclic) bond motifs is 3. The van der Waals surface area contributed by atoms with E-state index in [1.807, 2.05) is 24.3 Å². The summed E-state index contributed by atoms with van der Waals surface area (Å²) in [6, 6.07) is 10.9. The smallest absolute Gasteiger partial charge is 0.267 e. The Hall–Kier alpha value is -3.50. The van der Waals surface area contributed by atoms with E-state index in [9.17, 15) is 9.59 Å². The molecule has 0 unspecified atom stereocenters. The van der Waals surface area contributed by atoms with Gasteiger partial charge in [-0.05, 0) is 73.2 Å². The number of nitrogens with zero attached hydrogens (tertiary/aromatic N) is 4. The predicted octanol–water partition coefficient (Wildman–Crippen LogP) is 3.97. The fourth-order valence-electron chi connectivity index (χ4n) is 4.03. The lowest BCUT2D eigenvalue weighted by atomic mass is 9.97. The molecule has 0 spiro atoms. The van der Waals surface area contributed by atoms with Gasteiger partial charge in [-0.15, -0.1) is 11.3 Å². The van der Waals surface area contributed by atoms with Gasteiger partial charge in [-0.25, -0.2) is 10.4 Å². The van der Waals surface area contributed by atoms with Crippen LogP contribution in [0.1, 0.15) is 28.8 Å². The Morgan fingerprint density at radius 3 is 2.74 bits per heavy atom. The molecule has 4 aromatic rings. The van der Waals surface area contributed by atoms with E-state index in [2.05, 4.69) is 15.5 Å². The largest absolute Gasteiger partial charge is 0.497 e. The first-order valence-corrected chi connectivity index (χ1v) is 13.0. The summed E-state index contributed by atoms with van der Waals surface area (Å²) in [5.74, 6) is 0.471. The highest BCUT2D eigenvalue weighted by Crippen LogP contribution is 2.35. The van der Waals surface area contributed by atoms with Crippen molar-refractivity contribution in [2.75, 3.05) is 12.9 Å². The van der Waals surface area contributed by atoms with Gasteiger partial charge in [0.25, 0.3) is 11.5 Å². The van der Waals surface area contributed by atoms with Gasteiger partial charge < -0.3 is 4.74 Å². The molecule has 8 nitrogen and oxygen atoms in total. The second-order valence-corrected chi connectivity index (χ2v) is 10.0. The van der Waals surface area contributed by atoms with Crippen molar-refractivity contribution < 1.29 is 9.53 Å². The Bertz CT molecular complexity index is 1450. The van der Waals surface area contributed by atoms with Crippen molar-refractivity contribution in [3.8, 4) is 11.4 Å². The number of rotatable bonds is 7. The highest BCUT2D eigenvalue weighted by atomic mass is 32.2. The van der Waals surface area contributed by atoms with Gasteiger partial charge >= 0.3 is 0 Å². The zero-order valence-corrected chi connectivity index (χ0v) is 20.7. The van der Waals surface area contributed by atoms with Crippen LogP contribution in [0.15, 0.2) is 63.8 Å². The Morgan fingerprint density at radius 2 is 1.97 bits per heavy atom. The summed E-state index contributed by atoms with van der Waals surface area (Å²) in [5.41, 5.74) is 5.07. The average molecular weight is 506 g/mol. The maximum atomic E-state index is 13.8. The lowest BCUT2D eigenvalue weighted by molar-refractivity contribution is -0.118. The molecule has 0 aliphatic heterocycles. The molecule has 35 heavy (non-hydrogen) atoms. The Labute approximate surface area is 210 Å². The number of hydrogen-bond donors (Lipinski definition) is 1. The van der Waals surface area contributed by atoms with Gasteiger partial charge in [0.2, 0.25) is 0 Å². The van der Waals surface area contributed by atoms with Gasteiger partial charge in [0, 0.05) is 17.3 Å². The van der Waals surface area contributed by atoms with Crippen molar-refractivity contribution in [3.05, 3.63) is 75.1 Å². The number of thioether (sulfide) groups is 1. The van der Waals surface area contributed by atoms with Crippen LogP contribution in [0.4, 0.5) is 0 Å². The third kappa shape index (κ3) is 4.98. The van der Waals surface area contributed by atoms with Crippen LogP contribution >= 0.6 is 23.1 Å². The lowest BCUT2D eigenvalue weighted by Crippen LogP contribution is -2.24. The molecule has 10 heteroatoms. The van der Waals surface area contributed by atoms with E-state index in [1.165, 1.54) is 16.6 Å². The zero-order valence-electron chi connectivity index (χ0n) is 19.1. The second kappa shape index (κ2) is 10.4. The molecule has 1 aliphatic carbocycles. The quantitative estimate of drug-likeness (QED) is 0.177. The number of pyridine rings is 1. The van der Waals surface area contributed by atoms with Gasteiger partial charge in [0.15, 0.2) is 5.16 Å². The molecule has 0 fully saturated rings. The molecule has 0 bridgehead atoms. The highest BCUT2D eigenvalue weighted by molar-refractivity contribution is 7.99. The summed E-state index contributed by atoms with van der Waals surface area (Å²) in [7, 11) is 1.60. The Morgan fingerprint density at radius 1 is 1.20 bits per heavy atom. The number of methoxy groups -OCH3 is 1. The number of ether oxygens (including phenoxy) is 1. The van der Waals surface area contributed by atoms with Crippen molar-refractivity contribution in [2.24, 2.45) is 5.10 Å². The monoisotopic (exact) mass is 505 g/mol. The molecule has 1 N–H and O–H groups in total. The number of hydrazone groups is 1. The minimum Gasteiger partial charge on any atom is -0.497 e. The first kappa shape index (κ1) is 23.3. The van der Waals surface area contributed by atoms with Crippen LogP contribution in [0.5, 0.6) is 5.75 Å². The van der Waals surface area contributed by atoms with E-state index < -0.39 is 0 Å². The van der Waals surface area contributed by atoms with Crippen molar-refractivity contribution in [1.29, 1.82) is 0 Å². The molecule has 178 valence electrons. The summed E-state index contributed by atoms with van der Waals surface area (Å²) in [4.78, 5) is 37.0. The Kier molecular flexibility index (Phi) is 6.91. The number of aromatic nitrogens is 3. The zero-order chi connectivity index (χ0) is 24.2. The van der Waals surface area contributed by atoms with E-state index in [0.717, 1.165) is 41.6 Å². The number of carbonyl (C=O) groups excluding carboxylic acids is 1. The summed E-state index contributed by atoms with van der Waals surface area (Å²) < 4.78 is 6.87. The lowest BCUT2D eigenvalue weighted by Gasteiger charge is -2.14. The molecular formula is C25H23N5O3S2. The van der Waals surface area contributed by atoms with E-state index in [1.54, 1.807) is 53.8 Å². The molecular weight excluding hydrogens is 482 g/mol. The van der Waals surface area contributed by atoms with Gasteiger partial charge in [-0.3, -0.25) is 19.1 Å². The summed E-state index contributed by atoms with van der Waals surface area (Å²) in [5, 5.41) is 5.18. The molecule has 0 atom stereocenters. The molecule has 1 aromatic carbocycles. The molecule has 0 radical (unpaired) electrons. The number of aryl methyl sites for hydroxylation is 2. The standard InChI is InChI=1S/C25H23N5O3S2/c1-33-18-8-6-17(7-9-18)30-24(32)22-19-4-2-3-5-20(19)35-23(22)28-25(30)34-15-21(31)29-27-14-16-10-12-26-13-11-16/h6-14H,2-5,15H2,1H3,(H,29,31). The fraction of sp³-hybridized carbons (Fsp3) is 0.240. The predicted molar refractivity (Wildman–Crippen MR) is 139 cm³/mol. The highest BCUT2D eigenvalue weighted by Gasteiger charge is 2.23. The van der Waals surface area contributed by atoms with Gasteiger partial charge in [-0.2, -0.15) is 5.10 Å². The van der Waals surface area contributed by atoms with Gasteiger partial charge in [-0.1, -0.05) is 11.8 Å². The number of thiophene rings is 1. The maximum absolute atomic E-state index is 13.8. The van der Waals surface area contributed by atoms with E-state index in [4.69, 9.17) is 9.72 Å². The molecule has 0 saturated heterocycles. The van der Waals surface area contributed by atoms with Crippen LogP contribution < -0.4 is 15.7 Å². The molecule has 3 heterocycles. The molecule has 0 saturated carbocycles. The summed E-state index contributed by atoms with van der Waals surface area (Å²) in [6.45, 7) is 0. The fourth-order valence-corrected chi connectivity index (χ4v) is 6.14. The van der Waals surface area contributed by atoms with Crippen molar-refractivity contribution >= 4 is 45.4 Å². The second-order valence-electron chi connectivity index (χ2n) is 7.99. The topological polar surface area (TPSA) is 98.5 Å². The van der Waals surface area contributed by atoms with Crippen molar-refractivity contribution in [2.45, 2.75) is 30.8 Å². The number of benzene rings is 1. The Balaban J connectivity index is 1.45. The molecule has 1 amide bonds. The van der Waals surface area contributed by atoms with E-state index in [-0.39, 0.29) is 17.2 Å². The van der Waals surface area contributed by atoms with E-state index >= 15 is 0 Å². The summed E-state index contributed by atoms with van der Waals surface area (Å²) in [6.07, 6.45) is 8.96. The van der Waals surface area contributed by atoms with Crippen LogP contribution in [0, 0.1) is 0 Å². The number of carbonyl (C=O) groups is 1. The SMILES string of the molecule is COc1ccc(-n2c(SCC(=O)NN=Cc3ccncc3)nc3sc4c(c3c2=O)CCCC4)cc1. The normalized spacial score (nSPS) is 13.2. The summed E-state index contributed by atoms with van der Waals surface area (Å²) >= 11 is 2.81. The van der Waals surface area contributed by atoms with Crippen molar-refractivity contribution in [1.82, 2.24) is 20.0 Å². The maximum Gasteiger partial charge on any atom is 0.267 e. The average Bonchev–Trinajstić information content (AvgIpc) is 3.27. The third-order valence-corrected chi connectivity index (χ3v) is 7.85.